The summed E-state index contributed by atoms with van der Waals surface area (Å²) in [7, 11) is 0. The standard InChI is InChI=1S/C13H9Cl3FN/c14-9-3-1-2-8(12(9)16)13(18)7-4-5-11(17)10(15)6-7/h1-6,13H,18H2. The van der Waals surface area contributed by atoms with Crippen molar-refractivity contribution in [1.82, 2.24) is 0 Å². The van der Waals surface area contributed by atoms with E-state index in [0.717, 1.165) is 0 Å². The summed E-state index contributed by atoms with van der Waals surface area (Å²) in [5, 5.41) is 0.853. The maximum absolute atomic E-state index is 13.1. The van der Waals surface area contributed by atoms with E-state index in [9.17, 15) is 4.39 Å². The fourth-order valence-corrected chi connectivity index (χ4v) is 2.26. The van der Waals surface area contributed by atoms with Gasteiger partial charge in [0, 0.05) is 0 Å². The Bertz CT molecular complexity index is 586. The highest BCUT2D eigenvalue weighted by molar-refractivity contribution is 6.42. The van der Waals surface area contributed by atoms with E-state index in [1.54, 1.807) is 24.3 Å². The molecule has 0 saturated carbocycles. The Labute approximate surface area is 119 Å². The van der Waals surface area contributed by atoms with Gasteiger partial charge in [-0.25, -0.2) is 4.39 Å². The molecule has 0 radical (unpaired) electrons. The molecule has 0 saturated heterocycles. The molecule has 0 spiro atoms. The zero-order chi connectivity index (χ0) is 13.3. The number of benzene rings is 2. The molecule has 0 fully saturated rings. The Morgan fingerprint density at radius 1 is 1.00 bits per heavy atom. The molecule has 0 aliphatic carbocycles. The number of hydrogen-bond acceptors (Lipinski definition) is 1. The molecule has 2 aromatic rings. The lowest BCUT2D eigenvalue weighted by molar-refractivity contribution is 0.627. The molecule has 5 heteroatoms. The molecule has 0 aromatic heterocycles. The molecule has 1 nitrogen and oxygen atoms in total. The Hall–Kier alpha value is -0.800. The minimum Gasteiger partial charge on any atom is -0.320 e. The van der Waals surface area contributed by atoms with Gasteiger partial charge >= 0.3 is 0 Å². The molecule has 94 valence electrons. The van der Waals surface area contributed by atoms with Crippen molar-refractivity contribution < 1.29 is 4.39 Å². The summed E-state index contributed by atoms with van der Waals surface area (Å²) >= 11 is 17.7. The third-order valence-corrected chi connectivity index (χ3v) is 3.74. The van der Waals surface area contributed by atoms with Crippen LogP contribution in [-0.2, 0) is 0 Å². The van der Waals surface area contributed by atoms with E-state index in [1.165, 1.54) is 12.1 Å². The number of halogens is 4. The van der Waals surface area contributed by atoms with Gasteiger partial charge < -0.3 is 5.73 Å². The summed E-state index contributed by atoms with van der Waals surface area (Å²) in [5.41, 5.74) is 7.43. The minimum absolute atomic E-state index is 0.0288. The van der Waals surface area contributed by atoms with Crippen LogP contribution in [0.15, 0.2) is 36.4 Å². The van der Waals surface area contributed by atoms with Crippen molar-refractivity contribution in [3.8, 4) is 0 Å². The second-order valence-electron chi connectivity index (χ2n) is 3.79. The van der Waals surface area contributed by atoms with Gasteiger partial charge in [0.1, 0.15) is 5.82 Å². The molecule has 2 aromatic carbocycles. The van der Waals surface area contributed by atoms with E-state index < -0.39 is 11.9 Å². The molecule has 2 rings (SSSR count). The number of nitrogens with two attached hydrogens (primary N) is 1. The van der Waals surface area contributed by atoms with Crippen LogP contribution in [0.25, 0.3) is 0 Å². The van der Waals surface area contributed by atoms with Gasteiger partial charge in [-0.15, -0.1) is 0 Å². The fourth-order valence-electron chi connectivity index (χ4n) is 1.65. The SMILES string of the molecule is NC(c1ccc(F)c(Cl)c1)c1cccc(Cl)c1Cl. The third-order valence-electron chi connectivity index (χ3n) is 2.62. The number of rotatable bonds is 2. The maximum Gasteiger partial charge on any atom is 0.141 e. The van der Waals surface area contributed by atoms with E-state index in [2.05, 4.69) is 0 Å². The number of hydrogen-bond donors (Lipinski definition) is 1. The van der Waals surface area contributed by atoms with Gasteiger partial charge in [0.05, 0.1) is 21.1 Å². The predicted octanol–water partition coefficient (Wildman–Crippen LogP) is 4.83. The third kappa shape index (κ3) is 2.62. The van der Waals surface area contributed by atoms with Crippen LogP contribution in [0, 0.1) is 5.82 Å². The van der Waals surface area contributed by atoms with Crippen LogP contribution < -0.4 is 5.73 Å². The van der Waals surface area contributed by atoms with E-state index in [4.69, 9.17) is 40.5 Å². The molecular weight excluding hydrogens is 296 g/mol. The molecule has 0 aliphatic heterocycles. The molecule has 1 atom stereocenters. The molecular formula is C13H9Cl3FN. The van der Waals surface area contributed by atoms with Crippen LogP contribution in [0.3, 0.4) is 0 Å². The summed E-state index contributed by atoms with van der Waals surface area (Å²) in [4.78, 5) is 0. The fraction of sp³-hybridized carbons (Fsp3) is 0.0769. The Kier molecular flexibility index (Phi) is 4.13. The van der Waals surface area contributed by atoms with Crippen LogP contribution in [0.2, 0.25) is 15.1 Å². The first-order valence-corrected chi connectivity index (χ1v) is 6.28. The lowest BCUT2D eigenvalue weighted by Gasteiger charge is -2.15. The first-order chi connectivity index (χ1) is 8.50. The van der Waals surface area contributed by atoms with Crippen LogP contribution in [0.5, 0.6) is 0 Å². The quantitative estimate of drug-likeness (QED) is 0.844. The van der Waals surface area contributed by atoms with Crippen molar-refractivity contribution in [2.75, 3.05) is 0 Å². The molecule has 18 heavy (non-hydrogen) atoms. The summed E-state index contributed by atoms with van der Waals surface area (Å²) in [6, 6.07) is 9.04. The maximum atomic E-state index is 13.1. The Morgan fingerprint density at radius 3 is 2.39 bits per heavy atom. The normalized spacial score (nSPS) is 12.5. The summed E-state index contributed by atoms with van der Waals surface area (Å²) in [6.45, 7) is 0. The second-order valence-corrected chi connectivity index (χ2v) is 4.99. The lowest BCUT2D eigenvalue weighted by Crippen LogP contribution is -2.12. The summed E-state index contributed by atoms with van der Waals surface area (Å²) < 4.78 is 13.1. The van der Waals surface area contributed by atoms with Crippen molar-refractivity contribution >= 4 is 34.8 Å². The van der Waals surface area contributed by atoms with Gasteiger partial charge in [-0.1, -0.05) is 53.0 Å². The summed E-state index contributed by atoms with van der Waals surface area (Å²) in [5.74, 6) is -0.482. The highest BCUT2D eigenvalue weighted by Crippen LogP contribution is 2.32. The molecule has 2 N–H and O–H groups in total. The van der Waals surface area contributed by atoms with Gasteiger partial charge in [-0.2, -0.15) is 0 Å². The van der Waals surface area contributed by atoms with Crippen molar-refractivity contribution in [3.05, 3.63) is 68.4 Å². The Morgan fingerprint density at radius 2 is 1.72 bits per heavy atom. The Balaban J connectivity index is 2.44. The first-order valence-electron chi connectivity index (χ1n) is 5.15. The highest BCUT2D eigenvalue weighted by atomic mass is 35.5. The monoisotopic (exact) mass is 303 g/mol. The predicted molar refractivity (Wildman–Crippen MR) is 73.9 cm³/mol. The molecule has 1 unspecified atom stereocenters. The lowest BCUT2D eigenvalue weighted by atomic mass is 9.99. The van der Waals surface area contributed by atoms with Gasteiger partial charge in [-0.3, -0.25) is 0 Å². The van der Waals surface area contributed by atoms with Crippen molar-refractivity contribution in [3.63, 3.8) is 0 Å². The van der Waals surface area contributed by atoms with Crippen molar-refractivity contribution in [1.29, 1.82) is 0 Å². The van der Waals surface area contributed by atoms with Gasteiger partial charge in [-0.05, 0) is 29.3 Å². The van der Waals surface area contributed by atoms with Crippen molar-refractivity contribution in [2.45, 2.75) is 6.04 Å². The topological polar surface area (TPSA) is 26.0 Å². The van der Waals surface area contributed by atoms with Crippen LogP contribution >= 0.6 is 34.8 Å². The van der Waals surface area contributed by atoms with Gasteiger partial charge in [0.15, 0.2) is 0 Å². The van der Waals surface area contributed by atoms with E-state index in [1.807, 2.05) is 0 Å². The summed E-state index contributed by atoms with van der Waals surface area (Å²) in [6.07, 6.45) is 0. The van der Waals surface area contributed by atoms with Gasteiger partial charge in [0.2, 0.25) is 0 Å². The molecule has 0 aliphatic rings. The van der Waals surface area contributed by atoms with Crippen LogP contribution in [-0.4, -0.2) is 0 Å². The zero-order valence-corrected chi connectivity index (χ0v) is 11.4. The first kappa shape index (κ1) is 13.6. The van der Waals surface area contributed by atoms with Crippen LogP contribution in [0.1, 0.15) is 17.2 Å². The minimum atomic E-state index is -0.505. The average Bonchev–Trinajstić information content (AvgIpc) is 2.35. The van der Waals surface area contributed by atoms with E-state index in [-0.39, 0.29) is 5.02 Å². The molecule has 0 amide bonds. The van der Waals surface area contributed by atoms with Gasteiger partial charge in [0.25, 0.3) is 0 Å². The second kappa shape index (κ2) is 5.45. The van der Waals surface area contributed by atoms with E-state index >= 15 is 0 Å². The van der Waals surface area contributed by atoms with Crippen LogP contribution in [0.4, 0.5) is 4.39 Å². The smallest absolute Gasteiger partial charge is 0.141 e. The van der Waals surface area contributed by atoms with E-state index in [0.29, 0.717) is 21.2 Å². The largest absolute Gasteiger partial charge is 0.320 e. The molecule has 0 bridgehead atoms. The zero-order valence-electron chi connectivity index (χ0n) is 9.13. The average molecular weight is 305 g/mol. The highest BCUT2D eigenvalue weighted by Gasteiger charge is 2.15. The molecule has 0 heterocycles. The van der Waals surface area contributed by atoms with Crippen molar-refractivity contribution in [2.24, 2.45) is 5.73 Å².